The van der Waals surface area contributed by atoms with Crippen LogP contribution < -0.4 is 5.32 Å². The molecule has 116 valence electrons. The molecule has 0 spiro atoms. The van der Waals surface area contributed by atoms with E-state index in [1.54, 1.807) is 6.92 Å². The highest BCUT2D eigenvalue weighted by atomic mass is 15.1. The lowest BCUT2D eigenvalue weighted by Gasteiger charge is -2.09. The minimum absolute atomic E-state index is 0.0519. The molecule has 3 aromatic rings. The monoisotopic (exact) mass is 313 g/mol. The summed E-state index contributed by atoms with van der Waals surface area (Å²) >= 11 is 0. The zero-order chi connectivity index (χ0) is 17.1. The summed E-state index contributed by atoms with van der Waals surface area (Å²) in [6.45, 7) is 3.72. The van der Waals surface area contributed by atoms with E-state index < -0.39 is 0 Å². The number of nitrogens with zero attached hydrogens (tertiary/aromatic N) is 4. The third-order valence-corrected chi connectivity index (χ3v) is 3.73. The highest BCUT2D eigenvalue weighted by Crippen LogP contribution is 2.30. The van der Waals surface area contributed by atoms with Gasteiger partial charge in [-0.05, 0) is 31.5 Å². The van der Waals surface area contributed by atoms with E-state index in [4.69, 9.17) is 15.5 Å². The Bertz CT molecular complexity index is 998. The van der Waals surface area contributed by atoms with Gasteiger partial charge in [0.25, 0.3) is 0 Å². The Balaban J connectivity index is 2.23. The van der Waals surface area contributed by atoms with Crippen molar-refractivity contribution in [2.75, 3.05) is 5.32 Å². The first-order valence-corrected chi connectivity index (χ1v) is 7.46. The maximum absolute atomic E-state index is 9.07. The molecule has 1 N–H and O–H groups in total. The van der Waals surface area contributed by atoms with Crippen LogP contribution in [-0.2, 0) is 0 Å². The molecule has 3 rings (SSSR count). The summed E-state index contributed by atoms with van der Waals surface area (Å²) in [5.41, 5.74) is 4.20. The van der Waals surface area contributed by atoms with Crippen molar-refractivity contribution in [2.45, 2.75) is 13.8 Å². The normalized spacial score (nSPS) is 10.0. The number of rotatable bonds is 3. The second-order valence-electron chi connectivity index (χ2n) is 5.46. The number of aryl methyl sites for hydroxylation is 1. The predicted molar refractivity (Wildman–Crippen MR) is 92.9 cm³/mol. The van der Waals surface area contributed by atoms with Gasteiger partial charge in [-0.15, -0.1) is 0 Å². The Hall–Kier alpha value is -3.57. The van der Waals surface area contributed by atoms with Gasteiger partial charge in [0.1, 0.15) is 34.9 Å². The summed E-state index contributed by atoms with van der Waals surface area (Å²) < 4.78 is 1.92. The van der Waals surface area contributed by atoms with Gasteiger partial charge < -0.3 is 5.32 Å². The van der Waals surface area contributed by atoms with E-state index in [2.05, 4.69) is 5.32 Å². The van der Waals surface area contributed by atoms with Gasteiger partial charge in [-0.3, -0.25) is 4.40 Å². The predicted octanol–water partition coefficient (Wildman–Crippen LogP) is 4.04. The first kappa shape index (κ1) is 15.3. The van der Waals surface area contributed by atoms with Crippen molar-refractivity contribution in [3.8, 4) is 23.4 Å². The van der Waals surface area contributed by atoms with Gasteiger partial charge in [0.15, 0.2) is 0 Å². The molecule has 5 nitrogen and oxygen atoms in total. The van der Waals surface area contributed by atoms with Crippen LogP contribution >= 0.6 is 0 Å². The van der Waals surface area contributed by atoms with Gasteiger partial charge in [-0.2, -0.15) is 10.5 Å². The van der Waals surface area contributed by atoms with Crippen LogP contribution in [0.25, 0.3) is 16.9 Å². The second-order valence-corrected chi connectivity index (χ2v) is 5.46. The number of benzene rings is 1. The summed E-state index contributed by atoms with van der Waals surface area (Å²) in [6, 6.07) is 17.6. The molecule has 1 aromatic carbocycles. The van der Waals surface area contributed by atoms with Crippen LogP contribution in [0.3, 0.4) is 0 Å². The summed E-state index contributed by atoms with van der Waals surface area (Å²) in [6.07, 6.45) is 1.93. The van der Waals surface area contributed by atoms with Crippen LogP contribution in [0, 0.1) is 29.6 Å². The second kappa shape index (κ2) is 6.28. The lowest BCUT2D eigenvalue weighted by molar-refractivity contribution is 1.15. The largest absolute Gasteiger partial charge is 0.341 e. The number of hydrogen-bond donors (Lipinski definition) is 1. The molecule has 0 aliphatic heterocycles. The molecule has 0 amide bonds. The number of fused-ring (bicyclic) bond motifs is 1. The number of allylic oxidation sites excluding steroid dienone is 2. The van der Waals surface area contributed by atoms with Crippen LogP contribution in [0.1, 0.15) is 12.5 Å². The Labute approximate surface area is 140 Å². The van der Waals surface area contributed by atoms with Crippen molar-refractivity contribution in [1.29, 1.82) is 10.5 Å². The third-order valence-electron chi connectivity index (χ3n) is 3.73. The zero-order valence-corrected chi connectivity index (χ0v) is 13.4. The maximum atomic E-state index is 9.07. The van der Waals surface area contributed by atoms with Crippen molar-refractivity contribution in [3.05, 3.63) is 65.5 Å². The summed E-state index contributed by atoms with van der Waals surface area (Å²) in [5.74, 6) is 0.733. The zero-order valence-electron chi connectivity index (χ0n) is 13.4. The Morgan fingerprint density at radius 2 is 1.83 bits per heavy atom. The van der Waals surface area contributed by atoms with Crippen LogP contribution in [0.5, 0.6) is 0 Å². The molecule has 0 fully saturated rings. The van der Waals surface area contributed by atoms with Crippen molar-refractivity contribution in [3.63, 3.8) is 0 Å². The average Bonchev–Trinajstić information content (AvgIpc) is 2.94. The van der Waals surface area contributed by atoms with Crippen LogP contribution in [-0.4, -0.2) is 9.38 Å². The fourth-order valence-electron chi connectivity index (χ4n) is 2.50. The van der Waals surface area contributed by atoms with Crippen LogP contribution in [0.4, 0.5) is 5.82 Å². The number of anilines is 1. The van der Waals surface area contributed by atoms with Gasteiger partial charge in [0.2, 0.25) is 0 Å². The molecule has 0 radical (unpaired) electrons. The van der Waals surface area contributed by atoms with E-state index in [9.17, 15) is 0 Å². The molecule has 5 heteroatoms. The van der Waals surface area contributed by atoms with E-state index >= 15 is 0 Å². The molecule has 24 heavy (non-hydrogen) atoms. The molecule has 0 saturated carbocycles. The van der Waals surface area contributed by atoms with Crippen molar-refractivity contribution in [1.82, 2.24) is 9.38 Å². The van der Waals surface area contributed by atoms with Gasteiger partial charge in [-0.25, -0.2) is 4.98 Å². The van der Waals surface area contributed by atoms with Gasteiger partial charge in [0, 0.05) is 17.5 Å². The standard InChI is InChI=1S/C19H15N5/c1-13-8-9-24-17(10-13)23-18(15-6-4-3-5-7-15)19(24)22-14(2)16(11-20)12-21/h3-10,22H,1-2H3. The highest BCUT2D eigenvalue weighted by molar-refractivity contribution is 5.78. The van der Waals surface area contributed by atoms with Gasteiger partial charge in [-0.1, -0.05) is 30.3 Å². The smallest absolute Gasteiger partial charge is 0.148 e. The molecule has 0 bridgehead atoms. The van der Waals surface area contributed by atoms with E-state index in [0.29, 0.717) is 5.70 Å². The first-order chi connectivity index (χ1) is 11.6. The minimum Gasteiger partial charge on any atom is -0.341 e. The van der Waals surface area contributed by atoms with Crippen molar-refractivity contribution < 1.29 is 0 Å². The minimum atomic E-state index is 0.0519. The molecule has 2 heterocycles. The number of aromatic nitrogens is 2. The van der Waals surface area contributed by atoms with Crippen LogP contribution in [0.2, 0.25) is 0 Å². The quantitative estimate of drug-likeness (QED) is 0.740. The molecule has 0 unspecified atom stereocenters. The third kappa shape index (κ3) is 2.71. The Morgan fingerprint density at radius 3 is 2.50 bits per heavy atom. The van der Waals surface area contributed by atoms with Crippen LogP contribution in [0.15, 0.2) is 59.9 Å². The summed E-state index contributed by atoms with van der Waals surface area (Å²) in [4.78, 5) is 4.72. The molecular weight excluding hydrogens is 298 g/mol. The number of hydrogen-bond acceptors (Lipinski definition) is 4. The van der Waals surface area contributed by atoms with E-state index in [1.165, 1.54) is 0 Å². The number of imidazole rings is 1. The topological polar surface area (TPSA) is 76.9 Å². The molecular formula is C19H15N5. The van der Waals surface area contributed by atoms with E-state index in [0.717, 1.165) is 28.3 Å². The lowest BCUT2D eigenvalue weighted by atomic mass is 10.1. The summed E-state index contributed by atoms with van der Waals surface area (Å²) in [7, 11) is 0. The first-order valence-electron chi connectivity index (χ1n) is 7.46. The SMILES string of the molecule is CC(Nc1c(-c2ccccc2)nc2cc(C)ccn12)=C(C#N)C#N. The number of pyridine rings is 1. The molecule has 0 saturated heterocycles. The number of nitrogens with one attached hydrogen (secondary N) is 1. The van der Waals surface area contributed by atoms with E-state index in [-0.39, 0.29) is 5.57 Å². The van der Waals surface area contributed by atoms with Crippen molar-refractivity contribution >= 4 is 11.5 Å². The fourth-order valence-corrected chi connectivity index (χ4v) is 2.50. The van der Waals surface area contributed by atoms with E-state index in [1.807, 2.05) is 72.1 Å². The average molecular weight is 313 g/mol. The number of nitriles is 2. The maximum Gasteiger partial charge on any atom is 0.148 e. The Kier molecular flexibility index (Phi) is 4.01. The molecule has 0 aliphatic rings. The summed E-state index contributed by atoms with van der Waals surface area (Å²) in [5, 5.41) is 21.3. The lowest BCUT2D eigenvalue weighted by Crippen LogP contribution is -2.03. The fraction of sp³-hybridized carbons (Fsp3) is 0.105. The van der Waals surface area contributed by atoms with Gasteiger partial charge >= 0.3 is 0 Å². The molecule has 0 aliphatic carbocycles. The Morgan fingerprint density at radius 1 is 1.12 bits per heavy atom. The van der Waals surface area contributed by atoms with Crippen molar-refractivity contribution in [2.24, 2.45) is 0 Å². The highest BCUT2D eigenvalue weighted by Gasteiger charge is 2.15. The molecule has 0 atom stereocenters. The molecule has 2 aromatic heterocycles. The van der Waals surface area contributed by atoms with Gasteiger partial charge in [0.05, 0.1) is 0 Å².